The van der Waals surface area contributed by atoms with E-state index < -0.39 is 0 Å². The number of nitrogens with zero attached hydrogens (tertiary/aromatic N) is 1. The van der Waals surface area contributed by atoms with Gasteiger partial charge in [-0.1, -0.05) is 0 Å². The minimum atomic E-state index is -0.251. The van der Waals surface area contributed by atoms with Gasteiger partial charge in [-0.15, -0.1) is 11.8 Å². The van der Waals surface area contributed by atoms with Crippen molar-refractivity contribution in [2.24, 2.45) is 0 Å². The molecule has 1 aromatic rings. The lowest BCUT2D eigenvalue weighted by Gasteiger charge is -2.15. The fraction of sp³-hybridized carbons (Fsp3) is 0.429. The Morgan fingerprint density at radius 1 is 1.52 bits per heavy atom. The topological polar surface area (TPSA) is 78.9 Å². The van der Waals surface area contributed by atoms with Gasteiger partial charge < -0.3 is 20.1 Å². The summed E-state index contributed by atoms with van der Waals surface area (Å²) in [5.41, 5.74) is 1.19. The van der Waals surface area contributed by atoms with Crippen LogP contribution in [-0.4, -0.2) is 46.6 Å². The van der Waals surface area contributed by atoms with Gasteiger partial charge in [0, 0.05) is 11.3 Å². The monoisotopic (exact) mass is 310 g/mol. The van der Waals surface area contributed by atoms with Crippen molar-refractivity contribution in [1.82, 2.24) is 4.90 Å². The molecule has 1 aliphatic rings. The van der Waals surface area contributed by atoms with Gasteiger partial charge in [0.2, 0.25) is 11.8 Å². The summed E-state index contributed by atoms with van der Waals surface area (Å²) in [5, 5.41) is 12.0. The van der Waals surface area contributed by atoms with Crippen LogP contribution >= 0.6 is 11.8 Å². The van der Waals surface area contributed by atoms with E-state index >= 15 is 0 Å². The van der Waals surface area contributed by atoms with E-state index in [1.807, 2.05) is 6.92 Å². The Labute approximate surface area is 127 Å². The van der Waals surface area contributed by atoms with Crippen LogP contribution in [0.2, 0.25) is 0 Å². The molecule has 2 N–H and O–H groups in total. The van der Waals surface area contributed by atoms with Crippen LogP contribution in [-0.2, 0) is 16.2 Å². The van der Waals surface area contributed by atoms with Gasteiger partial charge in [0.15, 0.2) is 0 Å². The van der Waals surface area contributed by atoms with Gasteiger partial charge >= 0.3 is 0 Å². The normalized spacial score (nSPS) is 14.4. The first-order chi connectivity index (χ1) is 10.1. The fourth-order valence-corrected chi connectivity index (χ4v) is 2.90. The molecule has 21 heavy (non-hydrogen) atoms. The lowest BCUT2D eigenvalue weighted by atomic mass is 10.2. The summed E-state index contributed by atoms with van der Waals surface area (Å²) in [5.74, 6) is 1.32. The van der Waals surface area contributed by atoms with Crippen LogP contribution in [0.1, 0.15) is 12.5 Å². The van der Waals surface area contributed by atoms with Gasteiger partial charge in [-0.3, -0.25) is 9.59 Å². The smallest absolute Gasteiger partial charge is 0.244 e. The lowest BCUT2D eigenvalue weighted by Crippen LogP contribution is -2.34. The van der Waals surface area contributed by atoms with Crippen LogP contribution in [0, 0.1) is 0 Å². The zero-order valence-corrected chi connectivity index (χ0v) is 12.6. The number of carbonyl (C=O) groups is 2. The highest BCUT2D eigenvalue weighted by atomic mass is 32.2. The van der Waals surface area contributed by atoms with Crippen LogP contribution in [0.5, 0.6) is 5.75 Å². The van der Waals surface area contributed by atoms with E-state index in [0.29, 0.717) is 35.2 Å². The van der Waals surface area contributed by atoms with Gasteiger partial charge in [-0.25, -0.2) is 0 Å². The summed E-state index contributed by atoms with van der Waals surface area (Å²) in [6, 6.07) is 5.09. The highest BCUT2D eigenvalue weighted by molar-refractivity contribution is 8.00. The van der Waals surface area contributed by atoms with Gasteiger partial charge in [0.1, 0.15) is 12.3 Å². The molecule has 0 atom stereocenters. The van der Waals surface area contributed by atoms with Crippen molar-refractivity contribution in [3.8, 4) is 5.75 Å². The molecule has 114 valence electrons. The van der Waals surface area contributed by atoms with Crippen LogP contribution in [0.25, 0.3) is 0 Å². The Kier molecular flexibility index (Phi) is 5.46. The van der Waals surface area contributed by atoms with E-state index in [9.17, 15) is 14.7 Å². The fourth-order valence-electron chi connectivity index (χ4n) is 1.99. The summed E-state index contributed by atoms with van der Waals surface area (Å²) in [6.45, 7) is 2.25. The molecule has 1 aliphatic heterocycles. The molecule has 0 spiro atoms. The second kappa shape index (κ2) is 7.33. The van der Waals surface area contributed by atoms with Crippen LogP contribution in [0.4, 0.5) is 5.69 Å². The number of hydrogen-bond donors (Lipinski definition) is 2. The lowest BCUT2D eigenvalue weighted by molar-refractivity contribution is -0.130. The number of aliphatic hydroxyl groups is 1. The van der Waals surface area contributed by atoms with E-state index in [-0.39, 0.29) is 25.0 Å². The number of nitrogens with one attached hydrogen (secondary N) is 1. The zero-order valence-electron chi connectivity index (χ0n) is 11.8. The maximum Gasteiger partial charge on any atom is 0.244 e. The SMILES string of the molecule is CCOc1ccc(NC(=O)CN2CSCC2=O)cc1CO. The predicted octanol–water partition coefficient (Wildman–Crippen LogP) is 1.05. The van der Waals surface area contributed by atoms with E-state index in [4.69, 9.17) is 4.74 Å². The number of anilines is 1. The maximum atomic E-state index is 11.9. The van der Waals surface area contributed by atoms with E-state index in [0.717, 1.165) is 0 Å². The number of rotatable bonds is 6. The first kappa shape index (κ1) is 15.7. The van der Waals surface area contributed by atoms with Gasteiger partial charge in [-0.2, -0.15) is 0 Å². The quantitative estimate of drug-likeness (QED) is 0.821. The van der Waals surface area contributed by atoms with Crippen molar-refractivity contribution in [3.05, 3.63) is 23.8 Å². The van der Waals surface area contributed by atoms with Crippen molar-refractivity contribution in [2.75, 3.05) is 30.1 Å². The van der Waals surface area contributed by atoms with Crippen molar-refractivity contribution in [3.63, 3.8) is 0 Å². The Morgan fingerprint density at radius 2 is 2.33 bits per heavy atom. The largest absolute Gasteiger partial charge is 0.494 e. The maximum absolute atomic E-state index is 11.9. The predicted molar refractivity (Wildman–Crippen MR) is 81.2 cm³/mol. The van der Waals surface area contributed by atoms with Crippen molar-refractivity contribution >= 4 is 29.3 Å². The number of amides is 2. The van der Waals surface area contributed by atoms with Crippen LogP contribution in [0.3, 0.4) is 0 Å². The molecular weight excluding hydrogens is 292 g/mol. The van der Waals surface area contributed by atoms with E-state index in [1.54, 1.807) is 18.2 Å². The molecule has 0 unspecified atom stereocenters. The molecule has 2 rings (SSSR count). The summed E-state index contributed by atoms with van der Waals surface area (Å²) in [4.78, 5) is 24.9. The molecule has 0 saturated carbocycles. The number of aliphatic hydroxyl groups excluding tert-OH is 1. The number of thioether (sulfide) groups is 1. The Balaban J connectivity index is 1.98. The zero-order chi connectivity index (χ0) is 15.2. The molecule has 7 heteroatoms. The molecule has 6 nitrogen and oxygen atoms in total. The Hall–Kier alpha value is -1.73. The summed E-state index contributed by atoms with van der Waals surface area (Å²) in [7, 11) is 0. The third-order valence-corrected chi connectivity index (χ3v) is 3.92. The molecule has 0 aliphatic carbocycles. The second-order valence-corrected chi connectivity index (χ2v) is 5.49. The van der Waals surface area contributed by atoms with Gasteiger partial charge in [0.05, 0.1) is 24.8 Å². The van der Waals surface area contributed by atoms with E-state index in [1.165, 1.54) is 16.7 Å². The van der Waals surface area contributed by atoms with Crippen molar-refractivity contribution < 1.29 is 19.4 Å². The summed E-state index contributed by atoms with van der Waals surface area (Å²) >= 11 is 1.50. The van der Waals surface area contributed by atoms with Crippen LogP contribution < -0.4 is 10.1 Å². The minimum Gasteiger partial charge on any atom is -0.494 e. The standard InChI is InChI=1S/C14H18N2O4S/c1-2-20-12-4-3-11(5-10(12)7-17)15-13(18)6-16-9-21-8-14(16)19/h3-5,17H,2,6-9H2,1H3,(H,15,18). The molecule has 0 bridgehead atoms. The van der Waals surface area contributed by atoms with Crippen LogP contribution in [0.15, 0.2) is 18.2 Å². The highest BCUT2D eigenvalue weighted by Gasteiger charge is 2.22. The summed E-state index contributed by atoms with van der Waals surface area (Å²) in [6.07, 6.45) is 0. The molecule has 1 fully saturated rings. The third-order valence-electron chi connectivity index (χ3n) is 2.97. The molecule has 1 heterocycles. The Morgan fingerprint density at radius 3 is 2.95 bits per heavy atom. The molecule has 0 radical (unpaired) electrons. The number of ether oxygens (including phenoxy) is 1. The van der Waals surface area contributed by atoms with Crippen molar-refractivity contribution in [2.45, 2.75) is 13.5 Å². The highest BCUT2D eigenvalue weighted by Crippen LogP contribution is 2.23. The first-order valence-electron chi connectivity index (χ1n) is 6.66. The molecular formula is C14H18N2O4S. The third kappa shape index (κ3) is 4.12. The van der Waals surface area contributed by atoms with Gasteiger partial charge in [0.25, 0.3) is 0 Å². The molecule has 0 aromatic heterocycles. The Bertz CT molecular complexity index is 536. The summed E-state index contributed by atoms with van der Waals surface area (Å²) < 4.78 is 5.38. The number of benzene rings is 1. The number of hydrogen-bond acceptors (Lipinski definition) is 5. The van der Waals surface area contributed by atoms with E-state index in [2.05, 4.69) is 5.32 Å². The first-order valence-corrected chi connectivity index (χ1v) is 7.81. The molecule has 2 amide bonds. The average molecular weight is 310 g/mol. The average Bonchev–Trinajstić information content (AvgIpc) is 2.86. The minimum absolute atomic E-state index is 0.0158. The molecule has 1 aromatic carbocycles. The second-order valence-electron chi connectivity index (χ2n) is 4.53. The molecule has 1 saturated heterocycles. The number of carbonyl (C=O) groups excluding carboxylic acids is 2. The van der Waals surface area contributed by atoms with Crippen molar-refractivity contribution in [1.29, 1.82) is 0 Å². The van der Waals surface area contributed by atoms with Gasteiger partial charge in [-0.05, 0) is 25.1 Å².